The van der Waals surface area contributed by atoms with E-state index in [1.165, 1.54) is 5.56 Å². The van der Waals surface area contributed by atoms with E-state index in [0.717, 1.165) is 29.3 Å². The molecule has 0 unspecified atom stereocenters. The van der Waals surface area contributed by atoms with Crippen LogP contribution in [-0.4, -0.2) is 17.0 Å². The van der Waals surface area contributed by atoms with E-state index in [1.54, 1.807) is 0 Å². The van der Waals surface area contributed by atoms with Crippen LogP contribution in [0, 0.1) is 13.8 Å². The lowest BCUT2D eigenvalue weighted by atomic mass is 10.2. The quantitative estimate of drug-likeness (QED) is 0.791. The summed E-state index contributed by atoms with van der Waals surface area (Å²) in [6.45, 7) is 6.05. The van der Waals surface area contributed by atoms with E-state index in [0.29, 0.717) is 5.15 Å². The van der Waals surface area contributed by atoms with Crippen LogP contribution in [0.4, 0.5) is 11.5 Å². The highest BCUT2D eigenvalue weighted by Gasteiger charge is 2.13. The topological polar surface area (TPSA) is 29.0 Å². The van der Waals surface area contributed by atoms with Gasteiger partial charge in [0.25, 0.3) is 0 Å². The Balaban J connectivity index is 2.49. The zero-order valence-corrected chi connectivity index (χ0v) is 12.5. The highest BCUT2D eigenvalue weighted by Crippen LogP contribution is 2.28. The molecule has 0 spiro atoms. The molecular weight excluding hydrogens is 258 g/mol. The molecular formula is C15H18ClN3. The van der Waals surface area contributed by atoms with Crippen molar-refractivity contribution in [3.63, 3.8) is 0 Å². The molecule has 1 aromatic carbocycles. The van der Waals surface area contributed by atoms with Crippen molar-refractivity contribution in [2.24, 2.45) is 0 Å². The molecule has 100 valence electrons. The van der Waals surface area contributed by atoms with Crippen molar-refractivity contribution >= 4 is 23.1 Å². The minimum absolute atomic E-state index is 0.529. The van der Waals surface area contributed by atoms with Gasteiger partial charge in [-0.25, -0.2) is 9.97 Å². The number of aryl methyl sites for hydroxylation is 2. The molecule has 0 aliphatic heterocycles. The van der Waals surface area contributed by atoms with Gasteiger partial charge in [-0.3, -0.25) is 0 Å². The van der Waals surface area contributed by atoms with Crippen LogP contribution in [0.15, 0.2) is 24.3 Å². The van der Waals surface area contributed by atoms with Gasteiger partial charge in [0, 0.05) is 24.7 Å². The fourth-order valence-electron chi connectivity index (χ4n) is 1.96. The van der Waals surface area contributed by atoms with E-state index in [9.17, 15) is 0 Å². The molecule has 0 saturated carbocycles. The van der Waals surface area contributed by atoms with Crippen molar-refractivity contribution in [3.8, 4) is 0 Å². The largest absolute Gasteiger partial charge is 0.329 e. The summed E-state index contributed by atoms with van der Waals surface area (Å²) in [6.07, 6.45) is 0.772. The number of hydrogen-bond donors (Lipinski definition) is 0. The first-order valence-corrected chi connectivity index (χ1v) is 6.74. The van der Waals surface area contributed by atoms with Gasteiger partial charge in [-0.1, -0.05) is 30.7 Å². The lowest BCUT2D eigenvalue weighted by Gasteiger charge is -2.21. The lowest BCUT2D eigenvalue weighted by Crippen LogP contribution is -2.15. The fraction of sp³-hybridized carbons (Fsp3) is 0.333. The molecule has 3 nitrogen and oxygen atoms in total. The van der Waals surface area contributed by atoms with E-state index >= 15 is 0 Å². The molecule has 0 fully saturated rings. The third kappa shape index (κ3) is 2.87. The molecule has 4 heteroatoms. The van der Waals surface area contributed by atoms with Gasteiger partial charge in [0.05, 0.1) is 0 Å². The zero-order chi connectivity index (χ0) is 14.0. The molecule has 0 bridgehead atoms. The minimum atomic E-state index is 0.529. The molecule has 0 N–H and O–H groups in total. The van der Waals surface area contributed by atoms with Crippen molar-refractivity contribution in [1.29, 1.82) is 0 Å². The molecule has 2 rings (SSSR count). The Morgan fingerprint density at radius 1 is 1.21 bits per heavy atom. The number of halogens is 1. The Kier molecular flexibility index (Phi) is 4.05. The molecule has 19 heavy (non-hydrogen) atoms. The first-order chi connectivity index (χ1) is 9.02. The summed E-state index contributed by atoms with van der Waals surface area (Å²) in [6, 6.07) is 8.31. The van der Waals surface area contributed by atoms with Crippen LogP contribution in [0.3, 0.4) is 0 Å². The Bertz CT molecular complexity index is 596. The Morgan fingerprint density at radius 3 is 2.58 bits per heavy atom. The number of nitrogens with zero attached hydrogens (tertiary/aromatic N) is 3. The monoisotopic (exact) mass is 275 g/mol. The maximum absolute atomic E-state index is 6.18. The molecule has 0 amide bonds. The Labute approximate surface area is 119 Å². The normalized spacial score (nSPS) is 10.6. The smallest absolute Gasteiger partial charge is 0.140 e. The van der Waals surface area contributed by atoms with Crippen LogP contribution in [0.5, 0.6) is 0 Å². The van der Waals surface area contributed by atoms with Crippen LogP contribution >= 0.6 is 11.6 Å². The predicted molar refractivity (Wildman–Crippen MR) is 80.4 cm³/mol. The van der Waals surface area contributed by atoms with Gasteiger partial charge in [-0.2, -0.15) is 0 Å². The summed E-state index contributed by atoms with van der Waals surface area (Å²) in [7, 11) is 2.00. The van der Waals surface area contributed by atoms with Crippen molar-refractivity contribution in [3.05, 3.63) is 46.4 Å². The number of hydrogen-bond acceptors (Lipinski definition) is 3. The van der Waals surface area contributed by atoms with E-state index in [1.807, 2.05) is 27.0 Å². The summed E-state index contributed by atoms with van der Waals surface area (Å²) in [5, 5.41) is 0.529. The third-order valence-electron chi connectivity index (χ3n) is 3.13. The highest BCUT2D eigenvalue weighted by molar-refractivity contribution is 6.30. The second-order valence-electron chi connectivity index (χ2n) is 4.63. The van der Waals surface area contributed by atoms with E-state index < -0.39 is 0 Å². The van der Waals surface area contributed by atoms with Crippen LogP contribution in [0.25, 0.3) is 0 Å². The highest BCUT2D eigenvalue weighted by atomic mass is 35.5. The molecule has 1 aromatic heterocycles. The maximum Gasteiger partial charge on any atom is 0.140 e. The third-order valence-corrected chi connectivity index (χ3v) is 3.50. The molecule has 0 atom stereocenters. The van der Waals surface area contributed by atoms with Crippen LogP contribution in [0.2, 0.25) is 5.15 Å². The first kappa shape index (κ1) is 13.8. The SMILES string of the molecule is CCc1nc(Cl)c(C)c(N(C)c2cccc(C)c2)n1. The first-order valence-electron chi connectivity index (χ1n) is 6.36. The summed E-state index contributed by atoms with van der Waals surface area (Å²) in [4.78, 5) is 10.9. The Morgan fingerprint density at radius 2 is 1.95 bits per heavy atom. The van der Waals surface area contributed by atoms with Gasteiger partial charge in [-0.05, 0) is 31.5 Å². The van der Waals surface area contributed by atoms with E-state index in [-0.39, 0.29) is 0 Å². The van der Waals surface area contributed by atoms with Crippen LogP contribution in [0.1, 0.15) is 23.9 Å². The van der Waals surface area contributed by atoms with Gasteiger partial charge in [0.1, 0.15) is 16.8 Å². The summed E-state index contributed by atoms with van der Waals surface area (Å²) >= 11 is 6.18. The maximum atomic E-state index is 6.18. The van der Waals surface area contributed by atoms with Crippen molar-refractivity contribution in [1.82, 2.24) is 9.97 Å². The average Bonchev–Trinajstić information content (AvgIpc) is 2.41. The standard InChI is InChI=1S/C15H18ClN3/c1-5-13-17-14(16)11(3)15(18-13)19(4)12-8-6-7-10(2)9-12/h6-9H,5H2,1-4H3. The number of anilines is 2. The van der Waals surface area contributed by atoms with Gasteiger partial charge < -0.3 is 4.90 Å². The average molecular weight is 276 g/mol. The van der Waals surface area contributed by atoms with E-state index in [4.69, 9.17) is 11.6 Å². The second-order valence-corrected chi connectivity index (χ2v) is 4.99. The van der Waals surface area contributed by atoms with Gasteiger partial charge in [0.15, 0.2) is 0 Å². The van der Waals surface area contributed by atoms with Crippen LogP contribution < -0.4 is 4.90 Å². The molecule has 2 aromatic rings. The summed E-state index contributed by atoms with van der Waals surface area (Å²) in [5.41, 5.74) is 3.22. The van der Waals surface area contributed by atoms with Crippen LogP contribution in [-0.2, 0) is 6.42 Å². The zero-order valence-electron chi connectivity index (χ0n) is 11.7. The minimum Gasteiger partial charge on any atom is -0.329 e. The fourth-order valence-corrected chi connectivity index (χ4v) is 2.15. The van der Waals surface area contributed by atoms with Crippen molar-refractivity contribution in [2.75, 3.05) is 11.9 Å². The van der Waals surface area contributed by atoms with Gasteiger partial charge in [0.2, 0.25) is 0 Å². The molecule has 0 radical (unpaired) electrons. The van der Waals surface area contributed by atoms with Crippen molar-refractivity contribution in [2.45, 2.75) is 27.2 Å². The lowest BCUT2D eigenvalue weighted by molar-refractivity contribution is 0.915. The molecule has 0 saturated heterocycles. The number of rotatable bonds is 3. The summed E-state index contributed by atoms with van der Waals surface area (Å²) in [5.74, 6) is 1.63. The predicted octanol–water partition coefficient (Wildman–Crippen LogP) is 4.08. The molecule has 0 aliphatic rings. The van der Waals surface area contributed by atoms with Crippen molar-refractivity contribution < 1.29 is 0 Å². The number of aromatic nitrogens is 2. The molecule has 0 aliphatic carbocycles. The van der Waals surface area contributed by atoms with Gasteiger partial charge >= 0.3 is 0 Å². The van der Waals surface area contributed by atoms with E-state index in [2.05, 4.69) is 40.0 Å². The Hall–Kier alpha value is -1.61. The molecule has 1 heterocycles. The second kappa shape index (κ2) is 5.57. The van der Waals surface area contributed by atoms with Gasteiger partial charge in [-0.15, -0.1) is 0 Å². The summed E-state index contributed by atoms with van der Waals surface area (Å²) < 4.78 is 0. The number of benzene rings is 1.